The molecule has 2 saturated carbocycles. The largest absolute Gasteiger partial charge is 0.467 e. The molecule has 5 heterocycles. The van der Waals surface area contributed by atoms with Crippen LogP contribution in [0.3, 0.4) is 0 Å². The highest BCUT2D eigenvalue weighted by Crippen LogP contribution is 2.44. The van der Waals surface area contributed by atoms with E-state index in [0.29, 0.717) is 49.5 Å². The van der Waals surface area contributed by atoms with Gasteiger partial charge >= 0.3 is 0 Å². The highest BCUT2D eigenvalue weighted by molar-refractivity contribution is 7.10. The van der Waals surface area contributed by atoms with Crippen molar-refractivity contribution in [3.05, 3.63) is 58.2 Å². The van der Waals surface area contributed by atoms with E-state index in [9.17, 15) is 19.2 Å². The van der Waals surface area contributed by atoms with Gasteiger partial charge in [-0.25, -0.2) is 10.4 Å². The molecule has 8 rings (SSSR count). The first kappa shape index (κ1) is 57.2. The van der Waals surface area contributed by atoms with Crippen LogP contribution in [0.25, 0.3) is 33.4 Å². The first-order chi connectivity index (χ1) is 35.6. The highest BCUT2D eigenvalue weighted by atomic mass is 32.1. The minimum atomic E-state index is -0.746. The Labute approximate surface area is 446 Å². The quantitative estimate of drug-likeness (QED) is 0.0646. The number of nitrogens with one attached hydrogen (secondary N) is 2. The van der Waals surface area contributed by atoms with Crippen molar-refractivity contribution in [2.24, 2.45) is 40.9 Å². The molecule has 4 fully saturated rings. The predicted molar refractivity (Wildman–Crippen MR) is 296 cm³/mol. The first-order valence-corrected chi connectivity index (χ1v) is 28.9. The van der Waals surface area contributed by atoms with Gasteiger partial charge in [-0.2, -0.15) is 0 Å². The number of carbonyl (C=O) groups excluding carboxylic acids is 4. The number of hydrogen-bond donors (Lipinski definition) is 2. The molecule has 0 radical (unpaired) electrons. The molecule has 15 heteroatoms. The average molecular weight is 1040 g/mol. The van der Waals surface area contributed by atoms with E-state index in [-0.39, 0.29) is 41.9 Å². The van der Waals surface area contributed by atoms with Crippen molar-refractivity contribution in [2.45, 2.75) is 151 Å². The fraction of sp³-hybridized carbons (Fsp3) is 0.661. The third kappa shape index (κ3) is 14.1. The Morgan fingerprint density at radius 1 is 1.00 bits per heavy atom. The summed E-state index contributed by atoms with van der Waals surface area (Å²) in [6.07, 6.45) is 13.8. The number of rotatable bonds is 24. The Balaban J connectivity index is 0.000000645. The number of aldehydes is 1. The molecule has 2 aliphatic heterocycles. The molecule has 4 aromatic rings. The van der Waals surface area contributed by atoms with E-state index >= 15 is 0 Å². The number of pyridine rings is 1. The van der Waals surface area contributed by atoms with Gasteiger partial charge in [-0.3, -0.25) is 29.3 Å². The van der Waals surface area contributed by atoms with Gasteiger partial charge in [-0.05, 0) is 145 Å². The summed E-state index contributed by atoms with van der Waals surface area (Å²) < 4.78 is 13.5. The standard InChI is InChI=1S/C49H70N8O5S.C10H18O/c1-8-54(6)28-34-20-24-55(29-34)45(35-15-10-11-16-35)47(59)53-40(48(60)57-23-13-12-22-51-57)26-43-52-41(30-63-43)36-18-19-42-38(25-36)39(27-49(4,5)31-62-32-58)46(56(42)9-2)37-17-14-21-50-44(37)33(3)61-7;1-7(2)10(8(3)6-11)9-4-5-9/h14,17-19,21,25,30,32-35,40,45,51H,8-13,15-16,20,22-24,26-29,31H2,1-7H3,(H,53,59);6-10H,4-5H2,1-3H3. The monoisotopic (exact) mass is 1040 g/mol. The van der Waals surface area contributed by atoms with Crippen LogP contribution in [0.5, 0.6) is 0 Å². The van der Waals surface area contributed by atoms with Crippen LogP contribution in [-0.2, 0) is 48.0 Å². The van der Waals surface area contributed by atoms with Gasteiger partial charge in [0.2, 0.25) is 5.91 Å². The van der Waals surface area contributed by atoms with E-state index in [1.165, 1.54) is 24.2 Å². The second kappa shape index (κ2) is 26.5. The number of carbonyl (C=O) groups is 4. The Kier molecular flexibility index (Phi) is 20.5. The van der Waals surface area contributed by atoms with Crippen molar-refractivity contribution in [3.8, 4) is 22.5 Å². The Morgan fingerprint density at radius 3 is 2.42 bits per heavy atom. The summed E-state index contributed by atoms with van der Waals surface area (Å²) in [7, 11) is 3.88. The summed E-state index contributed by atoms with van der Waals surface area (Å²) in [6.45, 7) is 23.9. The molecule has 2 amide bonds. The van der Waals surface area contributed by atoms with Gasteiger partial charge in [0.05, 0.1) is 40.8 Å². The lowest BCUT2D eigenvalue weighted by molar-refractivity contribution is -0.141. The minimum Gasteiger partial charge on any atom is -0.467 e. The molecule has 4 aliphatic rings. The van der Waals surface area contributed by atoms with Crippen molar-refractivity contribution in [2.75, 3.05) is 60.0 Å². The number of hydrazine groups is 1. The van der Waals surface area contributed by atoms with Gasteiger partial charge in [-0.15, -0.1) is 11.3 Å². The first-order valence-electron chi connectivity index (χ1n) is 28.0. The second-order valence-electron chi connectivity index (χ2n) is 23.0. The molecule has 2 aliphatic carbocycles. The Hall–Kier alpha value is -4.54. The summed E-state index contributed by atoms with van der Waals surface area (Å²) in [5.41, 5.74) is 9.91. The molecule has 0 spiro atoms. The van der Waals surface area contributed by atoms with Crippen molar-refractivity contribution < 1.29 is 28.7 Å². The molecular formula is C59H88N8O6S. The topological polar surface area (TPSA) is 151 Å². The maximum Gasteiger partial charge on any atom is 0.293 e. The molecule has 14 nitrogen and oxygen atoms in total. The van der Waals surface area contributed by atoms with Gasteiger partial charge in [0, 0.05) is 91.2 Å². The zero-order chi connectivity index (χ0) is 53.1. The highest BCUT2D eigenvalue weighted by Gasteiger charge is 2.41. The molecular weight excluding hydrogens is 949 g/mol. The van der Waals surface area contributed by atoms with E-state index in [0.717, 1.165) is 146 Å². The molecule has 1 aromatic carbocycles. The maximum atomic E-state index is 14.7. The normalized spacial score (nSPS) is 19.8. The smallest absolute Gasteiger partial charge is 0.293 e. The number of amides is 2. The van der Waals surface area contributed by atoms with Gasteiger partial charge in [0.1, 0.15) is 12.3 Å². The number of likely N-dealkylation sites (tertiary alicyclic amines) is 1. The Bertz CT molecular complexity index is 2470. The number of aromatic nitrogens is 3. The van der Waals surface area contributed by atoms with Crippen molar-refractivity contribution >= 4 is 46.8 Å². The third-order valence-corrected chi connectivity index (χ3v) is 17.3. The van der Waals surface area contributed by atoms with E-state index in [2.05, 4.69) is 110 Å². The summed E-state index contributed by atoms with van der Waals surface area (Å²) in [4.78, 5) is 65.7. The van der Waals surface area contributed by atoms with Crippen molar-refractivity contribution in [1.82, 2.24) is 40.1 Å². The fourth-order valence-corrected chi connectivity index (χ4v) is 13.3. The number of thiazole rings is 1. The lowest BCUT2D eigenvalue weighted by atomic mass is 9.81. The van der Waals surface area contributed by atoms with Gasteiger partial charge in [0.25, 0.3) is 12.4 Å². The number of aryl methyl sites for hydroxylation is 1. The number of methoxy groups -OCH3 is 1. The maximum absolute atomic E-state index is 14.7. The Morgan fingerprint density at radius 2 is 1.77 bits per heavy atom. The summed E-state index contributed by atoms with van der Waals surface area (Å²) in [6, 6.07) is 9.62. The van der Waals surface area contributed by atoms with E-state index in [1.807, 2.05) is 19.2 Å². The zero-order valence-corrected chi connectivity index (χ0v) is 47.2. The summed E-state index contributed by atoms with van der Waals surface area (Å²) in [5.74, 6) is 3.14. The van der Waals surface area contributed by atoms with Crippen LogP contribution in [0, 0.1) is 40.9 Å². The molecule has 0 bridgehead atoms. The molecule has 2 N–H and O–H groups in total. The molecule has 6 unspecified atom stereocenters. The number of benzene rings is 1. The number of nitrogens with zero attached hydrogens (tertiary/aromatic N) is 6. The lowest BCUT2D eigenvalue weighted by Gasteiger charge is -2.35. The zero-order valence-electron chi connectivity index (χ0n) is 46.4. The summed E-state index contributed by atoms with van der Waals surface area (Å²) >= 11 is 1.53. The fourth-order valence-electron chi connectivity index (χ4n) is 12.4. The van der Waals surface area contributed by atoms with Gasteiger partial charge in [0.15, 0.2) is 0 Å². The lowest BCUT2D eigenvalue weighted by Crippen LogP contribution is -2.59. The van der Waals surface area contributed by atoms with E-state index in [1.54, 1.807) is 12.1 Å². The van der Waals surface area contributed by atoms with E-state index in [4.69, 9.17) is 19.4 Å². The summed E-state index contributed by atoms with van der Waals surface area (Å²) in [5, 5.41) is 9.02. The number of hydrogen-bond acceptors (Lipinski definition) is 12. The van der Waals surface area contributed by atoms with Crippen molar-refractivity contribution in [1.29, 1.82) is 0 Å². The number of fused-ring (bicyclic) bond motifs is 1. The molecule has 74 heavy (non-hydrogen) atoms. The molecule has 3 aromatic heterocycles. The minimum absolute atomic E-state index is 0.0223. The molecule has 2 saturated heterocycles. The van der Waals surface area contributed by atoms with Gasteiger partial charge < -0.3 is 29.1 Å². The van der Waals surface area contributed by atoms with E-state index < -0.39 is 6.04 Å². The van der Waals surface area contributed by atoms with Crippen LogP contribution < -0.4 is 10.7 Å². The van der Waals surface area contributed by atoms with Crippen LogP contribution in [0.15, 0.2) is 41.9 Å². The predicted octanol–water partition coefficient (Wildman–Crippen LogP) is 9.79. The second-order valence-corrected chi connectivity index (χ2v) is 24.0. The molecule has 6 atom stereocenters. The van der Waals surface area contributed by atoms with Crippen LogP contribution >= 0.6 is 11.3 Å². The average Bonchev–Trinajstić information content (AvgIpc) is 3.75. The van der Waals surface area contributed by atoms with Gasteiger partial charge in [-0.1, -0.05) is 60.5 Å². The van der Waals surface area contributed by atoms with Crippen molar-refractivity contribution in [3.63, 3.8) is 0 Å². The van der Waals surface area contributed by atoms with Crippen LogP contribution in [-0.4, -0.2) is 126 Å². The SMILES string of the molecule is CC(C)C(C(C)C=O)C1CC1.CCN(C)CC1CCN(C(C(=O)NC(Cc2nc(-c3ccc4c(c3)c(CC(C)(C)COC=O)c(-c3cccnc3C(C)OC)n4CC)cs2)C(=O)N2CCCCN2)C2CCCC2)C1. The third-order valence-electron chi connectivity index (χ3n) is 16.4. The molecule has 406 valence electrons. The van der Waals surface area contributed by atoms with Crippen LogP contribution in [0.4, 0.5) is 0 Å². The number of ether oxygens (including phenoxy) is 2. The van der Waals surface area contributed by atoms with Crippen LogP contribution in [0.2, 0.25) is 0 Å². The van der Waals surface area contributed by atoms with Crippen LogP contribution in [0.1, 0.15) is 136 Å².